The number of rotatable bonds is 22. The molecule has 0 aliphatic carbocycles. The van der Waals surface area contributed by atoms with Gasteiger partial charge in [0.1, 0.15) is 0 Å². The van der Waals surface area contributed by atoms with Gasteiger partial charge < -0.3 is 4.74 Å². The topological polar surface area (TPSA) is 9.23 Å². The quantitative estimate of drug-likeness (QED) is 0.0673. The Morgan fingerprint density at radius 3 is 1.12 bits per heavy atom. The Balaban J connectivity index is 0. The zero-order valence-corrected chi connectivity index (χ0v) is 24.6. The fraction of sp³-hybridized carbons (Fsp3) is 1.00. The first kappa shape index (κ1) is 36.5. The molecule has 2 radical (unpaired) electrons. The Morgan fingerprint density at radius 2 is 0.794 bits per heavy atom. The van der Waals surface area contributed by atoms with E-state index in [1.54, 1.807) is 0 Å². The van der Waals surface area contributed by atoms with Gasteiger partial charge in [-0.3, -0.25) is 0 Å². The number of ether oxygens (including phenoxy) is 1. The molecule has 0 N–H and O–H groups in total. The predicted octanol–water partition coefficient (Wildman–Crippen LogP) is 10.7. The molecule has 0 fully saturated rings. The van der Waals surface area contributed by atoms with Gasteiger partial charge in [-0.25, -0.2) is 0 Å². The van der Waals surface area contributed by atoms with Gasteiger partial charge in [-0.05, 0) is 12.8 Å². The van der Waals surface area contributed by atoms with E-state index in [0.29, 0.717) is 8.87 Å². The van der Waals surface area contributed by atoms with Crippen molar-refractivity contribution < 1.29 is 31.1 Å². The van der Waals surface area contributed by atoms with Crippen molar-refractivity contribution in [2.24, 2.45) is 0 Å². The van der Waals surface area contributed by atoms with Crippen LogP contribution in [0.4, 0.5) is 26.3 Å². The van der Waals surface area contributed by atoms with E-state index in [9.17, 15) is 26.3 Å². The molecule has 0 amide bonds. The number of alkyl halides is 6. The summed E-state index contributed by atoms with van der Waals surface area (Å²) in [7, 11) is 0. The minimum absolute atomic E-state index is 0.0850. The average Bonchev–Trinajstić information content (AvgIpc) is 2.75. The molecule has 0 saturated carbocycles. The average molecular weight is 611 g/mol. The number of hydrogen-bond acceptors (Lipinski definition) is 1. The predicted molar refractivity (Wildman–Crippen MR) is 133 cm³/mol. The Morgan fingerprint density at radius 1 is 0.471 bits per heavy atom. The second-order valence-corrected chi connectivity index (χ2v) is 13.3. The van der Waals surface area contributed by atoms with Crippen molar-refractivity contribution in [1.82, 2.24) is 0 Å². The normalized spacial score (nSPS) is 12.0. The molecule has 0 aromatic rings. The second kappa shape index (κ2) is 26.4. The Hall–Kier alpha value is 0.339. The van der Waals surface area contributed by atoms with Crippen LogP contribution >= 0.6 is 0 Å². The fourth-order valence-corrected chi connectivity index (χ4v) is 6.53. The minimum atomic E-state index is -4.12. The van der Waals surface area contributed by atoms with Crippen LogP contribution in [0.25, 0.3) is 0 Å². The van der Waals surface area contributed by atoms with Crippen LogP contribution in [0.2, 0.25) is 8.87 Å². The molecule has 8 heteroatoms. The molecule has 1 nitrogen and oxygen atoms in total. The molecule has 0 bridgehead atoms. The summed E-state index contributed by atoms with van der Waals surface area (Å²) in [6.45, 7) is 6.53. The molecular formula is C26H50F6OSn. The zero-order chi connectivity index (χ0) is 26.0. The third kappa shape index (κ3) is 39.5. The molecule has 0 unspecified atom stereocenters. The van der Waals surface area contributed by atoms with Crippen LogP contribution in [0.5, 0.6) is 0 Å². The fourth-order valence-electron chi connectivity index (χ4n) is 3.38. The molecule has 0 atom stereocenters. The molecule has 34 heavy (non-hydrogen) atoms. The monoisotopic (exact) mass is 612 g/mol. The Kier molecular flexibility index (Phi) is 28.3. The summed E-state index contributed by atoms with van der Waals surface area (Å²) in [6.07, 6.45) is 9.61. The molecule has 0 aromatic heterocycles. The third-order valence-corrected chi connectivity index (χ3v) is 9.45. The first-order valence-electron chi connectivity index (χ1n) is 13.5. The van der Waals surface area contributed by atoms with E-state index in [4.69, 9.17) is 4.74 Å². The SMILES string of the molecule is CCCCCCCCCOCCCCCCCCC.FC(F)(F)CC[CH2][Sn][CH2]CCC(F)(F)F. The van der Waals surface area contributed by atoms with E-state index >= 15 is 0 Å². The summed E-state index contributed by atoms with van der Waals surface area (Å²) in [6, 6.07) is 0. The molecule has 0 aliphatic heterocycles. The number of hydrogen-bond donors (Lipinski definition) is 0. The molecular weight excluding hydrogens is 561 g/mol. The van der Waals surface area contributed by atoms with Crippen molar-refractivity contribution in [3.05, 3.63) is 0 Å². The van der Waals surface area contributed by atoms with Gasteiger partial charge in [0.05, 0.1) is 0 Å². The summed E-state index contributed by atoms with van der Waals surface area (Å²) in [4.78, 5) is 0. The van der Waals surface area contributed by atoms with Crippen molar-refractivity contribution in [2.45, 2.75) is 151 Å². The first-order chi connectivity index (χ1) is 16.1. The van der Waals surface area contributed by atoms with Crippen LogP contribution in [-0.2, 0) is 4.74 Å². The van der Waals surface area contributed by atoms with E-state index in [-0.39, 0.29) is 12.8 Å². The third-order valence-electron chi connectivity index (χ3n) is 5.41. The summed E-state index contributed by atoms with van der Waals surface area (Å²) in [5.41, 5.74) is 0. The first-order valence-corrected chi connectivity index (χ1v) is 17.6. The van der Waals surface area contributed by atoms with E-state index in [0.717, 1.165) is 13.2 Å². The van der Waals surface area contributed by atoms with Gasteiger partial charge in [0, 0.05) is 13.2 Å². The van der Waals surface area contributed by atoms with Gasteiger partial charge in [-0.15, -0.1) is 0 Å². The van der Waals surface area contributed by atoms with E-state index in [1.807, 2.05) is 0 Å². The van der Waals surface area contributed by atoms with E-state index in [1.165, 1.54) is 89.9 Å². The number of halogens is 6. The second-order valence-electron chi connectivity index (χ2n) is 9.04. The van der Waals surface area contributed by atoms with Crippen LogP contribution in [0.15, 0.2) is 0 Å². The molecule has 0 rings (SSSR count). The van der Waals surface area contributed by atoms with Crippen LogP contribution in [0.1, 0.15) is 129 Å². The molecule has 0 spiro atoms. The van der Waals surface area contributed by atoms with Gasteiger partial charge in [-0.2, -0.15) is 0 Å². The Labute approximate surface area is 215 Å². The van der Waals surface area contributed by atoms with Crippen molar-refractivity contribution in [3.63, 3.8) is 0 Å². The molecule has 0 heterocycles. The van der Waals surface area contributed by atoms with Crippen molar-refractivity contribution in [1.29, 1.82) is 0 Å². The molecule has 206 valence electrons. The molecule has 0 saturated heterocycles. The van der Waals surface area contributed by atoms with Crippen molar-refractivity contribution >= 4 is 21.1 Å². The molecule has 0 aromatic carbocycles. The summed E-state index contributed by atoms with van der Waals surface area (Å²) in [5.74, 6) is 0. The van der Waals surface area contributed by atoms with Crippen LogP contribution in [-0.4, -0.2) is 46.7 Å². The van der Waals surface area contributed by atoms with Gasteiger partial charge >= 0.3 is 94.4 Å². The van der Waals surface area contributed by atoms with Gasteiger partial charge in [0.15, 0.2) is 0 Å². The van der Waals surface area contributed by atoms with Crippen molar-refractivity contribution in [2.75, 3.05) is 13.2 Å². The number of unbranched alkanes of at least 4 members (excludes halogenated alkanes) is 12. The van der Waals surface area contributed by atoms with E-state index < -0.39 is 46.3 Å². The summed E-state index contributed by atoms with van der Waals surface area (Å²) in [5, 5.41) is 0. The van der Waals surface area contributed by atoms with Gasteiger partial charge in [0.25, 0.3) is 0 Å². The van der Waals surface area contributed by atoms with Crippen LogP contribution in [0.3, 0.4) is 0 Å². The Bertz CT molecular complexity index is 354. The maximum absolute atomic E-state index is 11.7. The van der Waals surface area contributed by atoms with Gasteiger partial charge in [-0.1, -0.05) is 90.9 Å². The van der Waals surface area contributed by atoms with E-state index in [2.05, 4.69) is 13.8 Å². The van der Waals surface area contributed by atoms with Crippen molar-refractivity contribution in [3.8, 4) is 0 Å². The standard InChI is InChI=1S/C18H38O.2C4H6F3.Sn/c1-3-5-7-9-11-13-15-17-19-18-16-14-12-10-8-6-4-2;2*1-2-3-4(5,6)7;/h3-18H2,1-2H3;2*1-3H2;. The molecule has 0 aliphatic rings. The van der Waals surface area contributed by atoms with Crippen LogP contribution < -0.4 is 0 Å². The maximum atomic E-state index is 11.7. The van der Waals surface area contributed by atoms with Gasteiger partial charge in [0.2, 0.25) is 0 Å². The summed E-state index contributed by atoms with van der Waals surface area (Å²) < 4.78 is 76.7. The summed E-state index contributed by atoms with van der Waals surface area (Å²) >= 11 is -0.987. The zero-order valence-electron chi connectivity index (χ0n) is 21.7. The van der Waals surface area contributed by atoms with Crippen LogP contribution in [0, 0.1) is 0 Å².